The lowest BCUT2D eigenvalue weighted by atomic mass is 9.99. The number of amides is 2. The van der Waals surface area contributed by atoms with Crippen LogP contribution in [0.5, 0.6) is 0 Å². The maximum Gasteiger partial charge on any atom is 0.416 e. The lowest BCUT2D eigenvalue weighted by Crippen LogP contribution is -2.34. The summed E-state index contributed by atoms with van der Waals surface area (Å²) in [5.41, 5.74) is 0.666. The number of nitrogens with zero attached hydrogens (tertiary/aromatic N) is 1. The minimum atomic E-state index is -4.40. The Labute approximate surface area is 163 Å². The third-order valence-electron chi connectivity index (χ3n) is 4.58. The maximum atomic E-state index is 12.9. The van der Waals surface area contributed by atoms with E-state index in [1.165, 1.54) is 4.90 Å². The first kappa shape index (κ1) is 19.6. The molecule has 0 bridgehead atoms. The van der Waals surface area contributed by atoms with Gasteiger partial charge in [-0.05, 0) is 54.7 Å². The number of carbonyl (C=O) groups excluding carboxylic acids is 2. The lowest BCUT2D eigenvalue weighted by molar-refractivity contribution is -0.137. The quantitative estimate of drug-likeness (QED) is 0.590. The van der Waals surface area contributed by atoms with Crippen LogP contribution in [-0.4, -0.2) is 23.3 Å². The summed E-state index contributed by atoms with van der Waals surface area (Å²) in [6, 6.07) is 10.5. The minimum Gasteiger partial charge on any atom is -0.274 e. The Morgan fingerprint density at radius 3 is 2.19 bits per heavy atom. The van der Waals surface area contributed by atoms with Crippen LogP contribution in [-0.2, 0) is 12.6 Å². The smallest absolute Gasteiger partial charge is 0.274 e. The summed E-state index contributed by atoms with van der Waals surface area (Å²) in [7, 11) is 0. The van der Waals surface area contributed by atoms with Gasteiger partial charge in [-0.15, -0.1) is 0 Å². The monoisotopic (exact) mass is 439 g/mol. The highest BCUT2D eigenvalue weighted by atomic mass is 79.9. The Bertz CT molecular complexity index is 860. The van der Waals surface area contributed by atoms with E-state index in [4.69, 9.17) is 0 Å². The van der Waals surface area contributed by atoms with Crippen molar-refractivity contribution in [1.29, 1.82) is 0 Å². The molecule has 2 aromatic rings. The molecule has 1 atom stereocenters. The average Bonchev–Trinajstić information content (AvgIpc) is 2.84. The third kappa shape index (κ3) is 4.24. The topological polar surface area (TPSA) is 37.4 Å². The highest BCUT2D eigenvalue weighted by Crippen LogP contribution is 2.32. The summed E-state index contributed by atoms with van der Waals surface area (Å²) >= 11 is 3.12. The van der Waals surface area contributed by atoms with Crippen LogP contribution in [0.15, 0.2) is 46.9 Å². The number of carbonyl (C=O) groups is 2. The second kappa shape index (κ2) is 7.46. The predicted molar refractivity (Wildman–Crippen MR) is 98.4 cm³/mol. The third-order valence-corrected chi connectivity index (χ3v) is 5.04. The summed E-state index contributed by atoms with van der Waals surface area (Å²) < 4.78 is 39.2. The average molecular weight is 440 g/mol. The van der Waals surface area contributed by atoms with Crippen molar-refractivity contribution in [2.75, 3.05) is 6.54 Å². The van der Waals surface area contributed by atoms with E-state index in [2.05, 4.69) is 15.9 Å². The first-order chi connectivity index (χ1) is 12.7. The maximum absolute atomic E-state index is 12.9. The van der Waals surface area contributed by atoms with Gasteiger partial charge >= 0.3 is 6.18 Å². The molecule has 0 radical (unpaired) electrons. The summed E-state index contributed by atoms with van der Waals surface area (Å²) in [4.78, 5) is 26.0. The van der Waals surface area contributed by atoms with E-state index in [1.807, 2.05) is 6.92 Å². The molecule has 1 aliphatic heterocycles. The Balaban J connectivity index is 1.64. The molecule has 0 fully saturated rings. The largest absolute Gasteiger partial charge is 0.416 e. The van der Waals surface area contributed by atoms with E-state index < -0.39 is 11.7 Å². The van der Waals surface area contributed by atoms with E-state index in [0.29, 0.717) is 34.0 Å². The molecule has 0 saturated heterocycles. The van der Waals surface area contributed by atoms with Crippen LogP contribution in [0, 0.1) is 5.92 Å². The number of benzene rings is 2. The fraction of sp³-hybridized carbons (Fsp3) is 0.300. The van der Waals surface area contributed by atoms with Gasteiger partial charge in [0.1, 0.15) is 0 Å². The van der Waals surface area contributed by atoms with Crippen LogP contribution in [0.3, 0.4) is 0 Å². The van der Waals surface area contributed by atoms with Crippen molar-refractivity contribution in [1.82, 2.24) is 4.90 Å². The number of imide groups is 1. The van der Waals surface area contributed by atoms with E-state index in [-0.39, 0.29) is 24.3 Å². The highest BCUT2D eigenvalue weighted by molar-refractivity contribution is 9.10. The van der Waals surface area contributed by atoms with Gasteiger partial charge in [-0.3, -0.25) is 14.5 Å². The number of fused-ring (bicyclic) bond motifs is 1. The van der Waals surface area contributed by atoms with E-state index in [1.54, 1.807) is 30.3 Å². The van der Waals surface area contributed by atoms with E-state index in [9.17, 15) is 22.8 Å². The molecule has 0 unspecified atom stereocenters. The first-order valence-electron chi connectivity index (χ1n) is 8.48. The Morgan fingerprint density at radius 1 is 1.04 bits per heavy atom. The molecule has 0 aliphatic carbocycles. The number of rotatable bonds is 5. The molecule has 27 heavy (non-hydrogen) atoms. The standard InChI is InChI=1S/C20H17BrF3NO2/c1-12(6-7-13-8-14(20(22,23)24)10-15(21)9-13)11-25-18(26)16-4-2-3-5-17(16)19(25)27/h2-5,8-10,12H,6-7,11H2,1H3/t12-/m0/s1. The normalized spacial score (nSPS) is 15.2. The molecule has 3 rings (SSSR count). The van der Waals surface area contributed by atoms with E-state index in [0.717, 1.165) is 12.1 Å². The minimum absolute atomic E-state index is 0.0412. The summed E-state index contributed by atoms with van der Waals surface area (Å²) in [5.74, 6) is -0.672. The van der Waals surface area contributed by atoms with Crippen molar-refractivity contribution in [3.05, 3.63) is 69.2 Å². The number of alkyl halides is 3. The molecule has 1 heterocycles. The molecule has 0 saturated carbocycles. The van der Waals surface area contributed by atoms with Gasteiger partial charge in [0, 0.05) is 11.0 Å². The van der Waals surface area contributed by atoms with Crippen LogP contribution in [0.4, 0.5) is 13.2 Å². The number of hydrogen-bond donors (Lipinski definition) is 0. The molecule has 0 spiro atoms. The zero-order chi connectivity index (χ0) is 19.8. The van der Waals surface area contributed by atoms with E-state index >= 15 is 0 Å². The van der Waals surface area contributed by atoms with Crippen LogP contribution in [0.25, 0.3) is 0 Å². The van der Waals surface area contributed by atoms with Gasteiger partial charge in [-0.25, -0.2) is 0 Å². The van der Waals surface area contributed by atoms with Crippen LogP contribution in [0.1, 0.15) is 45.2 Å². The first-order valence-corrected chi connectivity index (χ1v) is 9.28. The Morgan fingerprint density at radius 2 is 1.63 bits per heavy atom. The van der Waals surface area contributed by atoms with Gasteiger partial charge in [0.15, 0.2) is 0 Å². The second-order valence-electron chi connectivity index (χ2n) is 6.76. The van der Waals surface area contributed by atoms with Gasteiger partial charge in [0.2, 0.25) is 0 Å². The van der Waals surface area contributed by atoms with Gasteiger partial charge in [0.05, 0.1) is 16.7 Å². The van der Waals surface area contributed by atoms with Crippen LogP contribution < -0.4 is 0 Å². The van der Waals surface area contributed by atoms with Crippen molar-refractivity contribution in [3.63, 3.8) is 0 Å². The summed E-state index contributed by atoms with van der Waals surface area (Å²) in [6.07, 6.45) is -3.42. The SMILES string of the molecule is C[C@@H](CCc1cc(Br)cc(C(F)(F)F)c1)CN1C(=O)c2ccccc2C1=O. The fourth-order valence-electron chi connectivity index (χ4n) is 3.18. The molecule has 2 amide bonds. The van der Waals surface area contributed by atoms with Crippen molar-refractivity contribution in [2.45, 2.75) is 25.9 Å². The van der Waals surface area contributed by atoms with Crippen molar-refractivity contribution >= 4 is 27.7 Å². The Kier molecular flexibility index (Phi) is 5.42. The number of hydrogen-bond acceptors (Lipinski definition) is 2. The predicted octanol–water partition coefficient (Wildman–Crippen LogP) is 5.33. The zero-order valence-corrected chi connectivity index (χ0v) is 16.1. The van der Waals surface area contributed by atoms with Crippen molar-refractivity contribution in [2.24, 2.45) is 5.92 Å². The van der Waals surface area contributed by atoms with Gasteiger partial charge in [0.25, 0.3) is 11.8 Å². The lowest BCUT2D eigenvalue weighted by Gasteiger charge is -2.19. The molecule has 0 N–H and O–H groups in total. The molecular formula is C20H17BrF3NO2. The molecular weight excluding hydrogens is 423 g/mol. The number of aryl methyl sites for hydroxylation is 1. The number of halogens is 4. The van der Waals surface area contributed by atoms with Crippen molar-refractivity contribution in [3.8, 4) is 0 Å². The molecule has 2 aromatic carbocycles. The fourth-order valence-corrected chi connectivity index (χ4v) is 3.72. The molecule has 7 heteroatoms. The summed E-state index contributed by atoms with van der Waals surface area (Å²) in [5, 5.41) is 0. The second-order valence-corrected chi connectivity index (χ2v) is 7.67. The van der Waals surface area contributed by atoms with Crippen LogP contribution in [0.2, 0.25) is 0 Å². The van der Waals surface area contributed by atoms with Gasteiger partial charge in [-0.2, -0.15) is 13.2 Å². The molecule has 0 aromatic heterocycles. The molecule has 142 valence electrons. The van der Waals surface area contributed by atoms with Crippen molar-refractivity contribution < 1.29 is 22.8 Å². The zero-order valence-electron chi connectivity index (χ0n) is 14.5. The van der Waals surface area contributed by atoms with Crippen LogP contribution >= 0.6 is 15.9 Å². The highest BCUT2D eigenvalue weighted by Gasteiger charge is 2.35. The molecule has 1 aliphatic rings. The van der Waals surface area contributed by atoms with Gasteiger partial charge < -0.3 is 0 Å². The van der Waals surface area contributed by atoms with Gasteiger partial charge in [-0.1, -0.05) is 35.0 Å². The molecule has 3 nitrogen and oxygen atoms in total. The summed E-state index contributed by atoms with van der Waals surface area (Å²) in [6.45, 7) is 2.12. The Hall–Kier alpha value is -2.15.